The van der Waals surface area contributed by atoms with Gasteiger partial charge in [-0.1, -0.05) is 31.6 Å². The quantitative estimate of drug-likeness (QED) is 0.355. The molecule has 0 bridgehead atoms. The Morgan fingerprint density at radius 3 is 2.07 bits per heavy atom. The zero-order chi connectivity index (χ0) is 21.0. The van der Waals surface area contributed by atoms with E-state index in [-0.39, 0.29) is 5.56 Å². The SMILES string of the molecule is COC(=O)CC(B1OC(C)(C)C(C)(C)O1)c1cccc(S(F)(F)(F)(F)F)c1. The third-order valence-electron chi connectivity index (χ3n) is 4.95. The van der Waals surface area contributed by atoms with Gasteiger partial charge in [-0.05, 0) is 45.4 Å². The minimum atomic E-state index is -9.87. The predicted octanol–water partition coefficient (Wildman–Crippen LogP) is 5.62. The number of hydrogen-bond donors (Lipinski definition) is 0. The Hall–Kier alpha value is -1.33. The van der Waals surface area contributed by atoms with E-state index in [1.807, 2.05) is 0 Å². The van der Waals surface area contributed by atoms with Gasteiger partial charge in [0.2, 0.25) is 0 Å². The summed E-state index contributed by atoms with van der Waals surface area (Å²) in [4.78, 5) is 9.76. The third-order valence-corrected chi connectivity index (χ3v) is 6.09. The Morgan fingerprint density at radius 2 is 1.63 bits per heavy atom. The lowest BCUT2D eigenvalue weighted by Crippen LogP contribution is -2.41. The van der Waals surface area contributed by atoms with Gasteiger partial charge in [-0.2, -0.15) is 0 Å². The van der Waals surface area contributed by atoms with E-state index in [9.17, 15) is 24.2 Å². The lowest BCUT2D eigenvalue weighted by Gasteiger charge is -2.40. The van der Waals surface area contributed by atoms with Crippen molar-refractivity contribution in [3.05, 3.63) is 29.8 Å². The molecular weight excluding hydrogens is 394 g/mol. The summed E-state index contributed by atoms with van der Waals surface area (Å²) in [6, 6.07) is 2.76. The van der Waals surface area contributed by atoms with Crippen molar-refractivity contribution >= 4 is 23.3 Å². The first-order valence-electron chi connectivity index (χ1n) is 8.13. The van der Waals surface area contributed by atoms with Gasteiger partial charge in [-0.25, -0.2) is 0 Å². The Labute approximate surface area is 155 Å². The van der Waals surface area contributed by atoms with Gasteiger partial charge in [0.25, 0.3) is 0 Å². The number of rotatable bonds is 5. The summed E-state index contributed by atoms with van der Waals surface area (Å²) < 4.78 is 82.2. The van der Waals surface area contributed by atoms with Gasteiger partial charge in [0.05, 0.1) is 24.7 Å². The minimum Gasteiger partial charge on any atom is -0.469 e. The van der Waals surface area contributed by atoms with Crippen molar-refractivity contribution in [1.29, 1.82) is 0 Å². The van der Waals surface area contributed by atoms with Crippen molar-refractivity contribution < 1.29 is 38.3 Å². The van der Waals surface area contributed by atoms with E-state index in [0.29, 0.717) is 12.1 Å². The number of methoxy groups -OCH3 is 1. The van der Waals surface area contributed by atoms with Crippen LogP contribution in [0.2, 0.25) is 0 Å². The first-order valence-corrected chi connectivity index (χ1v) is 10.1. The fraction of sp³-hybridized carbons (Fsp3) is 0.562. The van der Waals surface area contributed by atoms with Crippen LogP contribution in [-0.2, 0) is 18.8 Å². The molecule has 11 heteroatoms. The molecule has 0 aromatic heterocycles. The summed E-state index contributed by atoms with van der Waals surface area (Å²) >= 11 is 0. The molecule has 0 radical (unpaired) electrons. The van der Waals surface area contributed by atoms with Crippen LogP contribution in [0.25, 0.3) is 0 Å². The maximum Gasteiger partial charge on any atom is 0.466 e. The van der Waals surface area contributed by atoms with Gasteiger partial charge in [0.1, 0.15) is 4.90 Å². The molecule has 0 amide bonds. The van der Waals surface area contributed by atoms with Crippen molar-refractivity contribution in [2.24, 2.45) is 0 Å². The second-order valence-electron chi connectivity index (χ2n) is 7.55. The average Bonchev–Trinajstić information content (AvgIpc) is 2.70. The van der Waals surface area contributed by atoms with E-state index in [4.69, 9.17) is 9.31 Å². The molecule has 4 nitrogen and oxygen atoms in total. The first kappa shape index (κ1) is 22.0. The summed E-state index contributed by atoms with van der Waals surface area (Å²) in [7, 11) is -9.86. The van der Waals surface area contributed by atoms with E-state index in [1.54, 1.807) is 27.7 Å². The molecule has 2 rings (SSSR count). The number of halogens is 5. The molecule has 1 atom stereocenters. The highest BCUT2D eigenvalue weighted by Gasteiger charge is 2.65. The van der Waals surface area contributed by atoms with Crippen LogP contribution in [0.5, 0.6) is 0 Å². The Morgan fingerprint density at radius 1 is 1.11 bits per heavy atom. The highest BCUT2D eigenvalue weighted by atomic mass is 32.5. The lowest BCUT2D eigenvalue weighted by molar-refractivity contribution is -0.140. The number of carbonyl (C=O) groups is 1. The van der Waals surface area contributed by atoms with E-state index >= 15 is 0 Å². The molecule has 0 aliphatic carbocycles. The summed E-state index contributed by atoms with van der Waals surface area (Å²) in [6.45, 7) is 6.92. The predicted molar refractivity (Wildman–Crippen MR) is 93.3 cm³/mol. The van der Waals surface area contributed by atoms with Crippen molar-refractivity contribution in [3.63, 3.8) is 0 Å². The molecule has 1 saturated heterocycles. The maximum absolute atomic E-state index is 13.2. The Balaban J connectivity index is 2.50. The molecule has 0 spiro atoms. The average molecular weight is 416 g/mol. The van der Waals surface area contributed by atoms with Crippen LogP contribution < -0.4 is 0 Å². The van der Waals surface area contributed by atoms with Crippen molar-refractivity contribution in [2.45, 2.75) is 56.0 Å². The molecule has 1 heterocycles. The second-order valence-corrected chi connectivity index (χ2v) is 9.96. The highest BCUT2D eigenvalue weighted by Crippen LogP contribution is 3.02. The summed E-state index contributed by atoms with van der Waals surface area (Å²) in [5, 5.41) is 0. The zero-order valence-electron chi connectivity index (χ0n) is 15.6. The van der Waals surface area contributed by atoms with E-state index in [0.717, 1.165) is 13.2 Å². The van der Waals surface area contributed by atoms with Crippen LogP contribution >= 0.6 is 10.2 Å². The normalized spacial score (nSPS) is 22.7. The smallest absolute Gasteiger partial charge is 0.466 e. The zero-order valence-corrected chi connectivity index (χ0v) is 16.4. The van der Waals surface area contributed by atoms with E-state index < -0.39 is 51.6 Å². The van der Waals surface area contributed by atoms with Gasteiger partial charge >= 0.3 is 23.3 Å². The molecule has 154 valence electrons. The van der Waals surface area contributed by atoms with Crippen LogP contribution in [0, 0.1) is 0 Å². The molecule has 0 N–H and O–H groups in total. The molecule has 1 aromatic carbocycles. The van der Waals surface area contributed by atoms with Crippen LogP contribution in [-0.4, -0.2) is 31.4 Å². The Kier molecular flexibility index (Phi) is 4.75. The fourth-order valence-corrected chi connectivity index (χ4v) is 3.37. The summed E-state index contributed by atoms with van der Waals surface area (Å²) in [5.41, 5.74) is -1.78. The number of carbonyl (C=O) groups excluding carboxylic acids is 1. The fourth-order valence-electron chi connectivity index (χ4n) is 2.67. The third kappa shape index (κ3) is 4.75. The van der Waals surface area contributed by atoms with Crippen molar-refractivity contribution in [2.75, 3.05) is 7.11 Å². The topological polar surface area (TPSA) is 44.8 Å². The molecule has 27 heavy (non-hydrogen) atoms. The van der Waals surface area contributed by atoms with Crippen molar-refractivity contribution in [1.82, 2.24) is 0 Å². The monoisotopic (exact) mass is 416 g/mol. The molecular formula is C16H22BF5O4S. The van der Waals surface area contributed by atoms with Crippen LogP contribution in [0.4, 0.5) is 19.4 Å². The minimum absolute atomic E-state index is 0.148. The van der Waals surface area contributed by atoms with E-state index in [2.05, 4.69) is 4.74 Å². The number of hydrogen-bond acceptors (Lipinski definition) is 4. The number of benzene rings is 1. The standard InChI is InChI=1S/C16H22BF5O4S/c1-15(2)16(3,4)26-17(25-15)13(10-14(23)24-5)11-7-6-8-12(9-11)27(18,19,20,21)22/h6-9,13H,10H2,1-5H3. The van der Waals surface area contributed by atoms with Gasteiger partial charge in [0.15, 0.2) is 0 Å². The maximum atomic E-state index is 13.2. The molecule has 1 aliphatic heterocycles. The largest absolute Gasteiger partial charge is 0.469 e. The Bertz CT molecular complexity index is 735. The molecule has 0 saturated carbocycles. The second kappa shape index (κ2) is 5.84. The number of ether oxygens (including phenoxy) is 1. The molecule has 1 fully saturated rings. The van der Waals surface area contributed by atoms with Crippen LogP contribution in [0.1, 0.15) is 45.5 Å². The van der Waals surface area contributed by atoms with Gasteiger partial charge in [0, 0.05) is 5.82 Å². The van der Waals surface area contributed by atoms with Crippen molar-refractivity contribution in [3.8, 4) is 0 Å². The molecule has 1 aliphatic rings. The van der Waals surface area contributed by atoms with Gasteiger partial charge in [-0.3, -0.25) is 4.79 Å². The van der Waals surface area contributed by atoms with Gasteiger partial charge < -0.3 is 14.0 Å². The van der Waals surface area contributed by atoms with Crippen LogP contribution in [0.15, 0.2) is 29.2 Å². The lowest BCUT2D eigenvalue weighted by atomic mass is 9.66. The first-order chi connectivity index (χ1) is 11.9. The molecule has 1 aromatic rings. The van der Waals surface area contributed by atoms with E-state index in [1.165, 1.54) is 6.07 Å². The van der Waals surface area contributed by atoms with Gasteiger partial charge in [-0.15, -0.1) is 0 Å². The summed E-state index contributed by atoms with van der Waals surface area (Å²) in [5.74, 6) is -1.79. The highest BCUT2D eigenvalue weighted by molar-refractivity contribution is 8.45. The van der Waals surface area contributed by atoms with Crippen LogP contribution in [0.3, 0.4) is 0 Å². The molecule has 1 unspecified atom stereocenters. The summed E-state index contributed by atoms with van der Waals surface area (Å²) in [6.07, 6.45) is -0.392. The number of esters is 1.